The number of urea groups is 1. The third-order valence-electron chi connectivity index (χ3n) is 6.73. The van der Waals surface area contributed by atoms with Crippen molar-refractivity contribution in [3.8, 4) is 0 Å². The fourth-order valence-corrected chi connectivity index (χ4v) is 4.59. The smallest absolute Gasteiger partial charge is 0.322 e. The van der Waals surface area contributed by atoms with Gasteiger partial charge in [-0.1, -0.05) is 71.2 Å². The second-order valence-electron chi connectivity index (χ2n) is 9.33. The Morgan fingerprint density at radius 1 is 1.06 bits per heavy atom. The van der Waals surface area contributed by atoms with E-state index >= 15 is 0 Å². The second kappa shape index (κ2) is 9.81. The SMILES string of the molecule is CCC(C)c1ccc(C(NCC(=O)NN2C(=O)NC3(CCCCC3)C2=O)C(C)C)cc1. The predicted octanol–water partition coefficient (Wildman–Crippen LogP) is 3.77. The molecule has 2 fully saturated rings. The first-order valence-electron chi connectivity index (χ1n) is 11.6. The molecule has 170 valence electrons. The van der Waals surface area contributed by atoms with Crippen LogP contribution in [-0.4, -0.2) is 34.9 Å². The Morgan fingerprint density at radius 3 is 2.26 bits per heavy atom. The van der Waals surface area contributed by atoms with Crippen molar-refractivity contribution in [2.24, 2.45) is 5.92 Å². The van der Waals surface area contributed by atoms with Crippen molar-refractivity contribution in [3.63, 3.8) is 0 Å². The third kappa shape index (κ3) is 5.09. The van der Waals surface area contributed by atoms with Crippen LogP contribution in [0.4, 0.5) is 4.79 Å². The van der Waals surface area contributed by atoms with E-state index in [2.05, 4.69) is 68.0 Å². The molecular formula is C24H36N4O3. The lowest BCUT2D eigenvalue weighted by Gasteiger charge is -2.30. The van der Waals surface area contributed by atoms with E-state index in [0.717, 1.165) is 36.3 Å². The molecule has 2 unspecified atom stereocenters. The van der Waals surface area contributed by atoms with Gasteiger partial charge in [-0.3, -0.25) is 15.0 Å². The van der Waals surface area contributed by atoms with Crippen molar-refractivity contribution in [1.82, 2.24) is 21.1 Å². The number of hydrazine groups is 1. The number of hydrogen-bond donors (Lipinski definition) is 3. The van der Waals surface area contributed by atoms with E-state index in [9.17, 15) is 14.4 Å². The molecule has 31 heavy (non-hydrogen) atoms. The van der Waals surface area contributed by atoms with Gasteiger partial charge < -0.3 is 10.6 Å². The van der Waals surface area contributed by atoms with E-state index in [1.807, 2.05) is 0 Å². The normalized spacial score (nSPS) is 20.1. The quantitative estimate of drug-likeness (QED) is 0.550. The largest absolute Gasteiger partial charge is 0.344 e. The van der Waals surface area contributed by atoms with Crippen LogP contribution in [0.2, 0.25) is 0 Å². The van der Waals surface area contributed by atoms with E-state index in [1.54, 1.807) is 0 Å². The monoisotopic (exact) mass is 428 g/mol. The van der Waals surface area contributed by atoms with E-state index in [1.165, 1.54) is 5.56 Å². The minimum atomic E-state index is -0.839. The van der Waals surface area contributed by atoms with Gasteiger partial charge in [0, 0.05) is 6.04 Å². The maximum atomic E-state index is 12.8. The van der Waals surface area contributed by atoms with Crippen LogP contribution < -0.4 is 16.1 Å². The molecule has 1 aliphatic carbocycles. The summed E-state index contributed by atoms with van der Waals surface area (Å²) in [6, 6.07) is 7.98. The number of hydrogen-bond acceptors (Lipinski definition) is 4. The molecule has 1 heterocycles. The first kappa shape index (κ1) is 23.3. The van der Waals surface area contributed by atoms with E-state index < -0.39 is 17.5 Å². The average Bonchev–Trinajstić information content (AvgIpc) is 2.97. The van der Waals surface area contributed by atoms with Gasteiger partial charge in [0.1, 0.15) is 5.54 Å². The molecule has 7 heteroatoms. The van der Waals surface area contributed by atoms with Crippen LogP contribution in [0.15, 0.2) is 24.3 Å². The van der Waals surface area contributed by atoms with Crippen LogP contribution in [0.5, 0.6) is 0 Å². The van der Waals surface area contributed by atoms with Crippen molar-refractivity contribution < 1.29 is 14.4 Å². The lowest BCUT2D eigenvalue weighted by Crippen LogP contribution is -2.52. The maximum absolute atomic E-state index is 12.8. The number of rotatable bonds is 8. The first-order chi connectivity index (χ1) is 14.8. The average molecular weight is 429 g/mol. The predicted molar refractivity (Wildman–Crippen MR) is 120 cm³/mol. The summed E-state index contributed by atoms with van der Waals surface area (Å²) >= 11 is 0. The Balaban J connectivity index is 1.59. The topological polar surface area (TPSA) is 90.5 Å². The zero-order valence-corrected chi connectivity index (χ0v) is 19.2. The number of imide groups is 1. The summed E-state index contributed by atoms with van der Waals surface area (Å²) in [4.78, 5) is 37.7. The molecule has 0 bridgehead atoms. The molecule has 1 aromatic rings. The Bertz CT molecular complexity index is 800. The van der Waals surface area contributed by atoms with Crippen LogP contribution >= 0.6 is 0 Å². The van der Waals surface area contributed by atoms with Crippen molar-refractivity contribution in [3.05, 3.63) is 35.4 Å². The van der Waals surface area contributed by atoms with Gasteiger partial charge in [0.15, 0.2) is 0 Å². The molecule has 1 aromatic carbocycles. The van der Waals surface area contributed by atoms with Crippen molar-refractivity contribution in [2.45, 2.75) is 83.7 Å². The van der Waals surface area contributed by atoms with Crippen LogP contribution in [0, 0.1) is 5.92 Å². The molecule has 3 N–H and O–H groups in total. The number of amides is 4. The van der Waals surface area contributed by atoms with Gasteiger partial charge in [-0.05, 0) is 42.2 Å². The Morgan fingerprint density at radius 2 is 1.68 bits per heavy atom. The molecule has 1 saturated carbocycles. The summed E-state index contributed by atoms with van der Waals surface area (Å²) in [7, 11) is 0. The van der Waals surface area contributed by atoms with E-state index in [-0.39, 0.29) is 24.4 Å². The molecule has 4 amide bonds. The number of carbonyl (C=O) groups excluding carboxylic acids is 3. The molecular weight excluding hydrogens is 392 g/mol. The van der Waals surface area contributed by atoms with Gasteiger partial charge in [-0.2, -0.15) is 5.01 Å². The fourth-order valence-electron chi connectivity index (χ4n) is 4.59. The summed E-state index contributed by atoms with van der Waals surface area (Å²) in [5.74, 6) is 0.0381. The molecule has 0 radical (unpaired) electrons. The molecule has 2 aliphatic rings. The number of nitrogens with zero attached hydrogens (tertiary/aromatic N) is 1. The zero-order chi connectivity index (χ0) is 22.6. The molecule has 2 atom stereocenters. The van der Waals surface area contributed by atoms with Crippen LogP contribution in [0.3, 0.4) is 0 Å². The van der Waals surface area contributed by atoms with Gasteiger partial charge in [0.05, 0.1) is 6.54 Å². The van der Waals surface area contributed by atoms with Crippen molar-refractivity contribution in [2.75, 3.05) is 6.54 Å². The second-order valence-corrected chi connectivity index (χ2v) is 9.33. The molecule has 7 nitrogen and oxygen atoms in total. The highest BCUT2D eigenvalue weighted by molar-refractivity contribution is 6.08. The highest BCUT2D eigenvalue weighted by Gasteiger charge is 2.52. The lowest BCUT2D eigenvalue weighted by atomic mass is 9.82. The molecule has 1 saturated heterocycles. The molecule has 0 aromatic heterocycles. The zero-order valence-electron chi connectivity index (χ0n) is 19.2. The summed E-state index contributed by atoms with van der Waals surface area (Å²) < 4.78 is 0. The van der Waals surface area contributed by atoms with Gasteiger partial charge in [-0.15, -0.1) is 0 Å². The van der Waals surface area contributed by atoms with Crippen molar-refractivity contribution in [1.29, 1.82) is 0 Å². The van der Waals surface area contributed by atoms with Gasteiger partial charge in [0.25, 0.3) is 11.8 Å². The summed E-state index contributed by atoms with van der Waals surface area (Å²) in [6.07, 6.45) is 5.22. The fraction of sp³-hybridized carbons (Fsp3) is 0.625. The van der Waals surface area contributed by atoms with Crippen LogP contribution in [0.1, 0.15) is 89.3 Å². The highest BCUT2D eigenvalue weighted by atomic mass is 16.2. The van der Waals surface area contributed by atoms with Crippen LogP contribution in [0.25, 0.3) is 0 Å². The van der Waals surface area contributed by atoms with Gasteiger partial charge >= 0.3 is 6.03 Å². The summed E-state index contributed by atoms with van der Waals surface area (Å²) in [5.41, 5.74) is 4.08. The molecule has 1 spiro atoms. The summed E-state index contributed by atoms with van der Waals surface area (Å²) in [6.45, 7) is 8.60. The minimum Gasteiger partial charge on any atom is -0.322 e. The molecule has 3 rings (SSSR count). The lowest BCUT2D eigenvalue weighted by molar-refractivity contribution is -0.139. The number of benzene rings is 1. The van der Waals surface area contributed by atoms with Gasteiger partial charge in [0.2, 0.25) is 0 Å². The minimum absolute atomic E-state index is 0.00970. The highest BCUT2D eigenvalue weighted by Crippen LogP contribution is 2.33. The van der Waals surface area contributed by atoms with Crippen molar-refractivity contribution >= 4 is 17.8 Å². The summed E-state index contributed by atoms with van der Waals surface area (Å²) in [5, 5.41) is 6.96. The van der Waals surface area contributed by atoms with Crippen LogP contribution in [-0.2, 0) is 9.59 Å². The Hall–Kier alpha value is -2.41. The van der Waals surface area contributed by atoms with E-state index in [4.69, 9.17) is 0 Å². The maximum Gasteiger partial charge on any atom is 0.344 e. The number of carbonyl (C=O) groups is 3. The Labute approximate surface area is 185 Å². The Kier molecular flexibility index (Phi) is 7.36. The standard InChI is InChI=1S/C24H36N4O3/c1-5-17(4)18-9-11-19(12-10-18)21(16(2)3)25-15-20(29)27-28-22(30)24(26-23(28)31)13-7-6-8-14-24/h9-12,16-17,21,25H,5-8,13-15H2,1-4H3,(H,26,31)(H,27,29). The first-order valence-corrected chi connectivity index (χ1v) is 11.6. The third-order valence-corrected chi connectivity index (χ3v) is 6.73. The van der Waals surface area contributed by atoms with Gasteiger partial charge in [-0.25, -0.2) is 4.79 Å². The number of nitrogens with one attached hydrogen (secondary N) is 3. The molecule has 1 aliphatic heterocycles. The van der Waals surface area contributed by atoms with E-state index in [0.29, 0.717) is 18.8 Å².